The summed E-state index contributed by atoms with van der Waals surface area (Å²) in [5.74, 6) is 2.41. The second kappa shape index (κ2) is 6.28. The number of methoxy groups -OCH3 is 1. The van der Waals surface area contributed by atoms with Gasteiger partial charge in [0.2, 0.25) is 5.91 Å². The molecule has 0 aliphatic rings. The minimum Gasteiger partial charge on any atom is -0.496 e. The summed E-state index contributed by atoms with van der Waals surface area (Å²) in [5, 5.41) is 0. The zero-order chi connectivity index (χ0) is 14.5. The molecule has 1 aromatic heterocycles. The number of para-hydroxylation sites is 1. The number of likely N-dealkylation sites (N-methyl/N-ethyl adjacent to an activating group) is 1. The van der Waals surface area contributed by atoms with Crippen molar-refractivity contribution in [1.29, 1.82) is 0 Å². The van der Waals surface area contributed by atoms with E-state index < -0.39 is 0 Å². The number of carbonyl (C=O) groups excluding carboxylic acids is 1. The highest BCUT2D eigenvalue weighted by Gasteiger charge is 2.14. The summed E-state index contributed by atoms with van der Waals surface area (Å²) >= 11 is 0. The molecule has 0 N–H and O–H groups in total. The fraction of sp³-hybridized carbons (Fsp3) is 0.312. The van der Waals surface area contributed by atoms with Crippen molar-refractivity contribution < 1.29 is 13.9 Å². The maximum Gasteiger partial charge on any atom is 0.227 e. The number of rotatable bonds is 5. The van der Waals surface area contributed by atoms with E-state index >= 15 is 0 Å². The maximum atomic E-state index is 12.2. The Balaban J connectivity index is 2.00. The van der Waals surface area contributed by atoms with Crippen LogP contribution in [0.3, 0.4) is 0 Å². The number of aryl methyl sites for hydroxylation is 1. The molecule has 0 saturated carbocycles. The Hall–Kier alpha value is -2.23. The van der Waals surface area contributed by atoms with Gasteiger partial charge in [-0.05, 0) is 25.1 Å². The van der Waals surface area contributed by atoms with Crippen LogP contribution in [0.4, 0.5) is 0 Å². The lowest BCUT2D eigenvalue weighted by molar-refractivity contribution is -0.129. The Kier molecular flexibility index (Phi) is 4.45. The normalized spacial score (nSPS) is 10.3. The van der Waals surface area contributed by atoms with Gasteiger partial charge in [0.25, 0.3) is 0 Å². The minimum atomic E-state index is 0.0311. The monoisotopic (exact) mass is 273 g/mol. The first-order valence-corrected chi connectivity index (χ1v) is 6.51. The first-order valence-electron chi connectivity index (χ1n) is 6.51. The SMILES string of the molecule is COc1ccccc1CC(=O)N(C)Cc1ccc(C)o1. The molecule has 0 saturated heterocycles. The van der Waals surface area contributed by atoms with Crippen LogP contribution in [0, 0.1) is 6.92 Å². The van der Waals surface area contributed by atoms with Crippen molar-refractivity contribution in [3.8, 4) is 5.75 Å². The lowest BCUT2D eigenvalue weighted by Crippen LogP contribution is -2.27. The summed E-state index contributed by atoms with van der Waals surface area (Å²) in [6.45, 7) is 2.36. The number of hydrogen-bond donors (Lipinski definition) is 0. The van der Waals surface area contributed by atoms with Gasteiger partial charge in [0.1, 0.15) is 17.3 Å². The zero-order valence-corrected chi connectivity index (χ0v) is 12.1. The fourth-order valence-electron chi connectivity index (χ4n) is 2.04. The van der Waals surface area contributed by atoms with Crippen LogP contribution in [-0.2, 0) is 17.8 Å². The predicted octanol–water partition coefficient (Wildman–Crippen LogP) is 2.80. The summed E-state index contributed by atoms with van der Waals surface area (Å²) in [4.78, 5) is 13.9. The number of carbonyl (C=O) groups is 1. The molecule has 0 unspecified atom stereocenters. The van der Waals surface area contributed by atoms with E-state index in [0.717, 1.165) is 22.8 Å². The Morgan fingerprint density at radius 1 is 1.25 bits per heavy atom. The van der Waals surface area contributed by atoms with E-state index in [0.29, 0.717) is 13.0 Å². The molecule has 106 valence electrons. The molecule has 0 aliphatic heterocycles. The van der Waals surface area contributed by atoms with Crippen LogP contribution in [0.15, 0.2) is 40.8 Å². The molecule has 0 atom stereocenters. The largest absolute Gasteiger partial charge is 0.496 e. The molecule has 0 spiro atoms. The van der Waals surface area contributed by atoms with Crippen LogP contribution in [-0.4, -0.2) is 25.0 Å². The van der Waals surface area contributed by atoms with Gasteiger partial charge < -0.3 is 14.1 Å². The van der Waals surface area contributed by atoms with Gasteiger partial charge in [-0.15, -0.1) is 0 Å². The predicted molar refractivity (Wildman–Crippen MR) is 76.6 cm³/mol. The third-order valence-electron chi connectivity index (χ3n) is 3.15. The van der Waals surface area contributed by atoms with Crippen molar-refractivity contribution in [3.63, 3.8) is 0 Å². The molecule has 0 aliphatic carbocycles. The molecular formula is C16H19NO3. The van der Waals surface area contributed by atoms with Gasteiger partial charge in [0.15, 0.2) is 0 Å². The van der Waals surface area contributed by atoms with Crippen LogP contribution in [0.5, 0.6) is 5.75 Å². The average molecular weight is 273 g/mol. The lowest BCUT2D eigenvalue weighted by Gasteiger charge is -2.16. The Morgan fingerprint density at radius 3 is 2.65 bits per heavy atom. The van der Waals surface area contributed by atoms with E-state index in [2.05, 4.69) is 0 Å². The Labute approximate surface area is 119 Å². The topological polar surface area (TPSA) is 42.7 Å². The van der Waals surface area contributed by atoms with Gasteiger partial charge in [-0.3, -0.25) is 4.79 Å². The molecule has 2 rings (SSSR count). The van der Waals surface area contributed by atoms with Crippen LogP contribution < -0.4 is 4.74 Å². The minimum absolute atomic E-state index is 0.0311. The van der Waals surface area contributed by atoms with Gasteiger partial charge >= 0.3 is 0 Å². The molecule has 4 nitrogen and oxygen atoms in total. The highest BCUT2D eigenvalue weighted by atomic mass is 16.5. The van der Waals surface area contributed by atoms with Crippen molar-refractivity contribution in [2.75, 3.05) is 14.2 Å². The molecule has 1 amide bonds. The van der Waals surface area contributed by atoms with Crippen molar-refractivity contribution >= 4 is 5.91 Å². The summed E-state index contributed by atoms with van der Waals surface area (Å²) in [6, 6.07) is 11.3. The number of nitrogens with zero attached hydrogens (tertiary/aromatic N) is 1. The first-order chi connectivity index (χ1) is 9.60. The standard InChI is InChI=1S/C16H19NO3/c1-12-8-9-14(20-12)11-17(2)16(18)10-13-6-4-5-7-15(13)19-3/h4-9H,10-11H2,1-3H3. The first kappa shape index (κ1) is 14.2. The second-order valence-corrected chi connectivity index (χ2v) is 4.75. The number of hydrogen-bond acceptors (Lipinski definition) is 3. The van der Waals surface area contributed by atoms with Gasteiger partial charge in [0, 0.05) is 12.6 Å². The van der Waals surface area contributed by atoms with Crippen LogP contribution in [0.25, 0.3) is 0 Å². The molecular weight excluding hydrogens is 254 g/mol. The van der Waals surface area contributed by atoms with Crippen molar-refractivity contribution in [3.05, 3.63) is 53.5 Å². The van der Waals surface area contributed by atoms with Crippen LogP contribution in [0.2, 0.25) is 0 Å². The number of furan rings is 1. The van der Waals surface area contributed by atoms with Crippen LogP contribution >= 0.6 is 0 Å². The van der Waals surface area contributed by atoms with Crippen molar-refractivity contribution in [2.24, 2.45) is 0 Å². The smallest absolute Gasteiger partial charge is 0.227 e. The van der Waals surface area contributed by atoms with Crippen molar-refractivity contribution in [1.82, 2.24) is 4.90 Å². The third kappa shape index (κ3) is 3.41. The molecule has 0 bridgehead atoms. The van der Waals surface area contributed by atoms with E-state index in [9.17, 15) is 4.79 Å². The lowest BCUT2D eigenvalue weighted by atomic mass is 10.1. The van der Waals surface area contributed by atoms with Gasteiger partial charge in [0.05, 0.1) is 20.1 Å². The highest BCUT2D eigenvalue weighted by Crippen LogP contribution is 2.19. The molecule has 20 heavy (non-hydrogen) atoms. The van der Waals surface area contributed by atoms with Gasteiger partial charge in [-0.25, -0.2) is 0 Å². The molecule has 1 aromatic carbocycles. The second-order valence-electron chi connectivity index (χ2n) is 4.75. The summed E-state index contributed by atoms with van der Waals surface area (Å²) in [5.41, 5.74) is 0.891. The third-order valence-corrected chi connectivity index (χ3v) is 3.15. The maximum absolute atomic E-state index is 12.2. The highest BCUT2D eigenvalue weighted by molar-refractivity contribution is 5.79. The summed E-state index contributed by atoms with van der Waals surface area (Å²) in [6.07, 6.45) is 0.320. The molecule has 2 aromatic rings. The fourth-order valence-corrected chi connectivity index (χ4v) is 2.04. The van der Waals surface area contributed by atoms with E-state index in [1.54, 1.807) is 19.1 Å². The quantitative estimate of drug-likeness (QED) is 0.841. The molecule has 1 heterocycles. The van der Waals surface area contributed by atoms with E-state index in [4.69, 9.17) is 9.15 Å². The number of benzene rings is 1. The molecule has 0 radical (unpaired) electrons. The zero-order valence-electron chi connectivity index (χ0n) is 12.1. The van der Waals surface area contributed by atoms with Crippen molar-refractivity contribution in [2.45, 2.75) is 19.9 Å². The summed E-state index contributed by atoms with van der Waals surface area (Å²) in [7, 11) is 3.38. The van der Waals surface area contributed by atoms with E-state index in [1.165, 1.54) is 0 Å². The number of amides is 1. The molecule has 4 heteroatoms. The van der Waals surface area contributed by atoms with Gasteiger partial charge in [-0.2, -0.15) is 0 Å². The average Bonchev–Trinajstić information content (AvgIpc) is 2.84. The molecule has 0 fully saturated rings. The summed E-state index contributed by atoms with van der Waals surface area (Å²) < 4.78 is 10.7. The Bertz CT molecular complexity index is 589. The van der Waals surface area contributed by atoms with E-state index in [-0.39, 0.29) is 5.91 Å². The Morgan fingerprint density at radius 2 is 2.00 bits per heavy atom. The van der Waals surface area contributed by atoms with Crippen LogP contribution in [0.1, 0.15) is 17.1 Å². The van der Waals surface area contributed by atoms with Gasteiger partial charge in [-0.1, -0.05) is 18.2 Å². The number of ether oxygens (including phenoxy) is 1. The van der Waals surface area contributed by atoms with E-state index in [1.807, 2.05) is 43.3 Å².